The van der Waals surface area contributed by atoms with Crippen molar-refractivity contribution in [3.63, 3.8) is 0 Å². The molecule has 0 saturated carbocycles. The quantitative estimate of drug-likeness (QED) is 0.936. The van der Waals surface area contributed by atoms with E-state index in [0.29, 0.717) is 18.1 Å². The second-order valence-corrected chi connectivity index (χ2v) is 6.43. The molecular weight excluding hydrogens is 278 g/mol. The van der Waals surface area contributed by atoms with Gasteiger partial charge in [-0.05, 0) is 17.9 Å². The first-order valence-electron chi connectivity index (χ1n) is 7.55. The summed E-state index contributed by atoms with van der Waals surface area (Å²) in [5.74, 6) is 0.909. The van der Waals surface area contributed by atoms with Crippen molar-refractivity contribution in [2.75, 3.05) is 0 Å². The summed E-state index contributed by atoms with van der Waals surface area (Å²) in [4.78, 5) is 15.8. The van der Waals surface area contributed by atoms with Crippen LogP contribution in [0.4, 0.5) is 0 Å². The summed E-state index contributed by atoms with van der Waals surface area (Å²) in [5.41, 5.74) is 2.26. The fraction of sp³-hybridized carbons (Fsp3) is 0.471. The van der Waals surface area contributed by atoms with Gasteiger partial charge in [0.25, 0.3) is 0 Å². The maximum atomic E-state index is 11.4. The minimum Gasteiger partial charge on any atom is -0.345 e. The highest BCUT2D eigenvalue weighted by Gasteiger charge is 2.18. The average molecular weight is 301 g/mol. The molecule has 2 aromatic rings. The van der Waals surface area contributed by atoms with Crippen LogP contribution in [0.1, 0.15) is 58.5 Å². The third-order valence-corrected chi connectivity index (χ3v) is 3.52. The standard InChI is InChI=1S/C17H23N3O2/c1-6-14(21)18-11(2)16-19-15(20-22-16)12-7-9-13(10-8-12)17(3,4)5/h7-11H,6H2,1-5H3,(H,18,21)/t11-/m0/s1. The molecular formula is C17H23N3O2. The third kappa shape index (κ3) is 3.72. The monoisotopic (exact) mass is 301 g/mol. The predicted molar refractivity (Wildman–Crippen MR) is 85.3 cm³/mol. The van der Waals surface area contributed by atoms with Gasteiger partial charge in [-0.25, -0.2) is 0 Å². The fourth-order valence-electron chi connectivity index (χ4n) is 2.05. The van der Waals surface area contributed by atoms with E-state index in [-0.39, 0.29) is 17.4 Å². The van der Waals surface area contributed by atoms with Crippen molar-refractivity contribution in [1.29, 1.82) is 0 Å². The van der Waals surface area contributed by atoms with Crippen molar-refractivity contribution < 1.29 is 9.32 Å². The van der Waals surface area contributed by atoms with Crippen molar-refractivity contribution in [3.8, 4) is 11.4 Å². The van der Waals surface area contributed by atoms with Gasteiger partial charge in [-0.1, -0.05) is 57.1 Å². The molecule has 0 bridgehead atoms. The second kappa shape index (κ2) is 6.30. The normalized spacial score (nSPS) is 13.0. The summed E-state index contributed by atoms with van der Waals surface area (Å²) < 4.78 is 5.25. The van der Waals surface area contributed by atoms with E-state index in [1.165, 1.54) is 5.56 Å². The molecule has 1 atom stereocenters. The van der Waals surface area contributed by atoms with Crippen LogP contribution in [-0.2, 0) is 10.2 Å². The number of carbonyl (C=O) groups excluding carboxylic acids is 1. The number of carbonyl (C=O) groups is 1. The highest BCUT2D eigenvalue weighted by molar-refractivity contribution is 5.75. The molecule has 1 amide bonds. The summed E-state index contributed by atoms with van der Waals surface area (Å²) >= 11 is 0. The molecule has 1 heterocycles. The third-order valence-electron chi connectivity index (χ3n) is 3.52. The van der Waals surface area contributed by atoms with Crippen molar-refractivity contribution in [3.05, 3.63) is 35.7 Å². The minimum absolute atomic E-state index is 0.0400. The Morgan fingerprint density at radius 2 is 1.91 bits per heavy atom. The number of nitrogens with zero attached hydrogens (tertiary/aromatic N) is 2. The van der Waals surface area contributed by atoms with Gasteiger partial charge < -0.3 is 9.84 Å². The van der Waals surface area contributed by atoms with Crippen LogP contribution in [0.2, 0.25) is 0 Å². The van der Waals surface area contributed by atoms with Crippen LogP contribution >= 0.6 is 0 Å². The Morgan fingerprint density at radius 1 is 1.27 bits per heavy atom. The van der Waals surface area contributed by atoms with E-state index < -0.39 is 0 Å². The molecule has 0 fully saturated rings. The van der Waals surface area contributed by atoms with Crippen LogP contribution < -0.4 is 5.32 Å². The van der Waals surface area contributed by atoms with Crippen molar-refractivity contribution >= 4 is 5.91 Å². The van der Waals surface area contributed by atoms with Crippen LogP contribution in [0.25, 0.3) is 11.4 Å². The number of rotatable bonds is 4. The first-order valence-corrected chi connectivity index (χ1v) is 7.55. The molecule has 0 spiro atoms. The summed E-state index contributed by atoms with van der Waals surface area (Å²) in [6.45, 7) is 10.2. The molecule has 0 aliphatic carbocycles. The Hall–Kier alpha value is -2.17. The molecule has 0 radical (unpaired) electrons. The molecule has 5 heteroatoms. The van der Waals surface area contributed by atoms with Gasteiger partial charge in [0, 0.05) is 12.0 Å². The zero-order valence-corrected chi connectivity index (χ0v) is 13.8. The van der Waals surface area contributed by atoms with Crippen molar-refractivity contribution in [2.24, 2.45) is 0 Å². The molecule has 1 N–H and O–H groups in total. The fourth-order valence-corrected chi connectivity index (χ4v) is 2.05. The molecule has 22 heavy (non-hydrogen) atoms. The van der Waals surface area contributed by atoms with E-state index >= 15 is 0 Å². The lowest BCUT2D eigenvalue weighted by atomic mass is 9.87. The van der Waals surface area contributed by atoms with Gasteiger partial charge in [0.15, 0.2) is 0 Å². The van der Waals surface area contributed by atoms with E-state index in [1.54, 1.807) is 6.92 Å². The Labute approximate surface area is 131 Å². The average Bonchev–Trinajstić information content (AvgIpc) is 2.96. The highest BCUT2D eigenvalue weighted by Crippen LogP contribution is 2.25. The molecule has 0 unspecified atom stereocenters. The SMILES string of the molecule is CCC(=O)N[C@@H](C)c1nc(-c2ccc(C(C)(C)C)cc2)no1. The van der Waals surface area contributed by atoms with Crippen molar-refractivity contribution in [1.82, 2.24) is 15.5 Å². The number of hydrogen-bond acceptors (Lipinski definition) is 4. The lowest BCUT2D eigenvalue weighted by Gasteiger charge is -2.18. The van der Waals surface area contributed by atoms with E-state index in [4.69, 9.17) is 4.52 Å². The molecule has 0 aliphatic heterocycles. The van der Waals surface area contributed by atoms with Gasteiger partial charge in [0.05, 0.1) is 0 Å². The van der Waals surface area contributed by atoms with Crippen LogP contribution in [0.3, 0.4) is 0 Å². The van der Waals surface area contributed by atoms with Gasteiger partial charge in [-0.3, -0.25) is 4.79 Å². The maximum Gasteiger partial charge on any atom is 0.249 e. The molecule has 1 aromatic carbocycles. The van der Waals surface area contributed by atoms with Gasteiger partial charge >= 0.3 is 0 Å². The second-order valence-electron chi connectivity index (χ2n) is 6.43. The smallest absolute Gasteiger partial charge is 0.249 e. The molecule has 0 aliphatic rings. The predicted octanol–water partition coefficient (Wildman–Crippen LogP) is 3.62. The first-order chi connectivity index (χ1) is 10.3. The minimum atomic E-state index is -0.289. The van der Waals surface area contributed by atoms with Crippen LogP contribution in [0.5, 0.6) is 0 Å². The van der Waals surface area contributed by atoms with E-state index in [2.05, 4.69) is 48.4 Å². The van der Waals surface area contributed by atoms with Gasteiger partial charge in [0.1, 0.15) is 6.04 Å². The zero-order chi connectivity index (χ0) is 16.3. The van der Waals surface area contributed by atoms with Crippen LogP contribution in [-0.4, -0.2) is 16.0 Å². The Kier molecular flexibility index (Phi) is 4.64. The topological polar surface area (TPSA) is 68.0 Å². The van der Waals surface area contributed by atoms with Crippen molar-refractivity contribution in [2.45, 2.75) is 52.5 Å². The van der Waals surface area contributed by atoms with Crippen LogP contribution in [0, 0.1) is 0 Å². The summed E-state index contributed by atoms with van der Waals surface area (Å²) in [5, 5.41) is 6.80. The molecule has 118 valence electrons. The first kappa shape index (κ1) is 16.2. The number of hydrogen-bond donors (Lipinski definition) is 1. The highest BCUT2D eigenvalue weighted by atomic mass is 16.5. The molecule has 2 rings (SSSR count). The molecule has 0 saturated heterocycles. The van der Waals surface area contributed by atoms with Gasteiger partial charge in [-0.2, -0.15) is 4.98 Å². The Balaban J connectivity index is 2.16. The summed E-state index contributed by atoms with van der Waals surface area (Å²) in [7, 11) is 0. The van der Waals surface area contributed by atoms with E-state index in [0.717, 1.165) is 5.56 Å². The lowest BCUT2D eigenvalue weighted by Crippen LogP contribution is -2.25. The Morgan fingerprint density at radius 3 is 2.45 bits per heavy atom. The van der Waals surface area contributed by atoms with E-state index in [1.807, 2.05) is 19.1 Å². The molecule has 5 nitrogen and oxygen atoms in total. The number of aromatic nitrogens is 2. The number of benzene rings is 1. The lowest BCUT2D eigenvalue weighted by molar-refractivity contribution is -0.121. The number of amides is 1. The largest absolute Gasteiger partial charge is 0.345 e. The summed E-state index contributed by atoms with van der Waals surface area (Å²) in [6, 6.07) is 7.85. The zero-order valence-electron chi connectivity index (χ0n) is 13.8. The Bertz CT molecular complexity index is 639. The molecule has 1 aromatic heterocycles. The van der Waals surface area contributed by atoms with E-state index in [9.17, 15) is 4.79 Å². The van der Waals surface area contributed by atoms with Gasteiger partial charge in [0.2, 0.25) is 17.6 Å². The number of nitrogens with one attached hydrogen (secondary N) is 1. The van der Waals surface area contributed by atoms with Crippen LogP contribution in [0.15, 0.2) is 28.8 Å². The van der Waals surface area contributed by atoms with Gasteiger partial charge in [-0.15, -0.1) is 0 Å². The summed E-state index contributed by atoms with van der Waals surface area (Å²) in [6.07, 6.45) is 0.430. The maximum absolute atomic E-state index is 11.4.